The van der Waals surface area contributed by atoms with E-state index in [-0.39, 0.29) is 11.7 Å². The molecule has 0 aliphatic heterocycles. The number of phenols is 1. The zero-order valence-electron chi connectivity index (χ0n) is 7.42. The molecule has 0 fully saturated rings. The average Bonchev–Trinajstić information content (AvgIpc) is 2.04. The van der Waals surface area contributed by atoms with E-state index in [9.17, 15) is 4.39 Å². The van der Waals surface area contributed by atoms with Crippen molar-refractivity contribution in [1.82, 2.24) is 0 Å². The summed E-state index contributed by atoms with van der Waals surface area (Å²) in [5.74, 6) is -0.660. The fourth-order valence-electron chi connectivity index (χ4n) is 1.26. The summed E-state index contributed by atoms with van der Waals surface area (Å²) < 4.78 is 12.8. The summed E-state index contributed by atoms with van der Waals surface area (Å²) in [5, 5.41) is 16.2. The Hall–Kier alpha value is -1.38. The van der Waals surface area contributed by atoms with Gasteiger partial charge in [0.1, 0.15) is 11.6 Å². The first kappa shape index (κ1) is 9.71. The van der Waals surface area contributed by atoms with Crippen LogP contribution in [0.1, 0.15) is 24.8 Å². The SMILES string of the molecule is CC[C@@H](C=N)c1cc(O)cc(F)c1. The molecule has 0 aliphatic rings. The van der Waals surface area contributed by atoms with Crippen molar-refractivity contribution < 1.29 is 9.50 Å². The molecule has 0 amide bonds. The van der Waals surface area contributed by atoms with Gasteiger partial charge >= 0.3 is 0 Å². The van der Waals surface area contributed by atoms with Crippen LogP contribution in [0.15, 0.2) is 18.2 Å². The molecule has 0 spiro atoms. The lowest BCUT2D eigenvalue weighted by atomic mass is 9.97. The Morgan fingerprint density at radius 2 is 2.23 bits per heavy atom. The van der Waals surface area contributed by atoms with Crippen LogP contribution in [0.4, 0.5) is 4.39 Å². The van der Waals surface area contributed by atoms with Crippen LogP contribution in [0, 0.1) is 11.2 Å². The third-order valence-electron chi connectivity index (χ3n) is 1.97. The van der Waals surface area contributed by atoms with E-state index in [1.807, 2.05) is 6.92 Å². The van der Waals surface area contributed by atoms with Crippen LogP contribution in [-0.4, -0.2) is 11.3 Å². The number of hydrogen-bond acceptors (Lipinski definition) is 2. The second kappa shape index (κ2) is 4.03. The first-order valence-corrected chi connectivity index (χ1v) is 4.17. The van der Waals surface area contributed by atoms with Crippen molar-refractivity contribution in [3.63, 3.8) is 0 Å². The van der Waals surface area contributed by atoms with E-state index >= 15 is 0 Å². The predicted octanol–water partition coefficient (Wildman–Crippen LogP) is 2.67. The monoisotopic (exact) mass is 181 g/mol. The summed E-state index contributed by atoms with van der Waals surface area (Å²) in [4.78, 5) is 0. The van der Waals surface area contributed by atoms with Crippen LogP contribution in [0.3, 0.4) is 0 Å². The van der Waals surface area contributed by atoms with Crippen molar-refractivity contribution in [3.05, 3.63) is 29.6 Å². The number of benzene rings is 1. The molecule has 1 aromatic carbocycles. The van der Waals surface area contributed by atoms with E-state index in [0.29, 0.717) is 5.56 Å². The van der Waals surface area contributed by atoms with Gasteiger partial charge in [-0.15, -0.1) is 0 Å². The fourth-order valence-corrected chi connectivity index (χ4v) is 1.26. The Morgan fingerprint density at radius 1 is 1.54 bits per heavy atom. The molecule has 0 heterocycles. The largest absolute Gasteiger partial charge is 0.508 e. The molecule has 0 bridgehead atoms. The summed E-state index contributed by atoms with van der Waals surface area (Å²) in [6.07, 6.45) is 1.99. The van der Waals surface area contributed by atoms with Crippen LogP contribution in [-0.2, 0) is 0 Å². The summed E-state index contributed by atoms with van der Waals surface area (Å²) in [5.41, 5.74) is 0.648. The van der Waals surface area contributed by atoms with Crippen molar-refractivity contribution in [2.75, 3.05) is 0 Å². The minimum Gasteiger partial charge on any atom is -0.508 e. The van der Waals surface area contributed by atoms with Gasteiger partial charge in [0.15, 0.2) is 0 Å². The van der Waals surface area contributed by atoms with Gasteiger partial charge in [-0.2, -0.15) is 0 Å². The normalized spacial score (nSPS) is 12.5. The molecule has 70 valence electrons. The molecule has 1 atom stereocenters. The van der Waals surface area contributed by atoms with Crippen molar-refractivity contribution in [3.8, 4) is 5.75 Å². The minimum absolute atomic E-state index is 0.0877. The fraction of sp³-hybridized carbons (Fsp3) is 0.300. The maximum absolute atomic E-state index is 12.8. The molecule has 0 saturated carbocycles. The van der Waals surface area contributed by atoms with Crippen LogP contribution >= 0.6 is 0 Å². The molecule has 3 heteroatoms. The smallest absolute Gasteiger partial charge is 0.127 e. The van der Waals surface area contributed by atoms with Crippen molar-refractivity contribution in [1.29, 1.82) is 5.41 Å². The molecule has 1 aromatic rings. The Morgan fingerprint density at radius 3 is 2.69 bits per heavy atom. The van der Waals surface area contributed by atoms with Gasteiger partial charge in [-0.1, -0.05) is 6.92 Å². The van der Waals surface area contributed by atoms with Crippen LogP contribution in [0.5, 0.6) is 5.75 Å². The summed E-state index contributed by atoms with van der Waals surface area (Å²) in [6.45, 7) is 1.91. The number of phenolic OH excluding ortho intramolecular Hbond substituents is 1. The number of aromatic hydroxyl groups is 1. The number of hydrogen-bond donors (Lipinski definition) is 2. The molecule has 0 aliphatic carbocycles. The summed E-state index contributed by atoms with van der Waals surface area (Å²) in [6, 6.07) is 3.89. The Kier molecular flexibility index (Phi) is 3.01. The van der Waals surface area contributed by atoms with Crippen molar-refractivity contribution in [2.24, 2.45) is 0 Å². The lowest BCUT2D eigenvalue weighted by Gasteiger charge is -2.09. The predicted molar refractivity (Wildman–Crippen MR) is 49.9 cm³/mol. The molecular weight excluding hydrogens is 169 g/mol. The summed E-state index contributed by atoms with van der Waals surface area (Å²) >= 11 is 0. The Bertz CT molecular complexity index is 292. The molecule has 0 radical (unpaired) electrons. The Labute approximate surface area is 76.5 Å². The van der Waals surface area contributed by atoms with Crippen molar-refractivity contribution in [2.45, 2.75) is 19.3 Å². The van der Waals surface area contributed by atoms with E-state index in [1.54, 1.807) is 0 Å². The molecule has 2 nitrogen and oxygen atoms in total. The zero-order chi connectivity index (χ0) is 9.84. The highest BCUT2D eigenvalue weighted by molar-refractivity contribution is 5.65. The van der Waals surface area contributed by atoms with Gasteiger partial charge in [0.25, 0.3) is 0 Å². The van der Waals surface area contributed by atoms with Gasteiger partial charge in [-0.05, 0) is 24.1 Å². The molecule has 0 unspecified atom stereocenters. The standard InChI is InChI=1S/C10H12FNO/c1-2-7(6-12)8-3-9(11)5-10(13)4-8/h3-7,12-13H,2H2,1H3/t7-/m0/s1. The highest BCUT2D eigenvalue weighted by atomic mass is 19.1. The molecule has 0 saturated heterocycles. The maximum atomic E-state index is 12.8. The van der Waals surface area contributed by atoms with E-state index < -0.39 is 5.82 Å². The number of rotatable bonds is 3. The van der Waals surface area contributed by atoms with Crippen LogP contribution in [0.25, 0.3) is 0 Å². The number of halogens is 1. The molecular formula is C10H12FNO. The van der Waals surface area contributed by atoms with Crippen LogP contribution in [0.2, 0.25) is 0 Å². The first-order valence-electron chi connectivity index (χ1n) is 4.17. The van der Waals surface area contributed by atoms with E-state index in [1.165, 1.54) is 18.3 Å². The van der Waals surface area contributed by atoms with Gasteiger partial charge in [0.05, 0.1) is 0 Å². The van der Waals surface area contributed by atoms with Crippen LogP contribution < -0.4 is 0 Å². The topological polar surface area (TPSA) is 44.1 Å². The zero-order valence-corrected chi connectivity index (χ0v) is 7.42. The van der Waals surface area contributed by atoms with Gasteiger partial charge in [0, 0.05) is 18.2 Å². The molecule has 0 aromatic heterocycles. The molecule has 1 rings (SSSR count). The first-order chi connectivity index (χ1) is 6.17. The molecule has 2 N–H and O–H groups in total. The molecule has 13 heavy (non-hydrogen) atoms. The Balaban J connectivity index is 3.05. The second-order valence-corrected chi connectivity index (χ2v) is 2.92. The van der Waals surface area contributed by atoms with Gasteiger partial charge in [-0.25, -0.2) is 4.39 Å². The third-order valence-corrected chi connectivity index (χ3v) is 1.97. The average molecular weight is 181 g/mol. The second-order valence-electron chi connectivity index (χ2n) is 2.92. The highest BCUT2D eigenvalue weighted by Gasteiger charge is 2.08. The highest BCUT2D eigenvalue weighted by Crippen LogP contribution is 2.22. The summed E-state index contributed by atoms with van der Waals surface area (Å²) in [7, 11) is 0. The van der Waals surface area contributed by atoms with Gasteiger partial charge in [-0.3, -0.25) is 0 Å². The quantitative estimate of drug-likeness (QED) is 0.692. The van der Waals surface area contributed by atoms with Gasteiger partial charge < -0.3 is 10.5 Å². The van der Waals surface area contributed by atoms with E-state index in [0.717, 1.165) is 12.5 Å². The minimum atomic E-state index is -0.463. The lowest BCUT2D eigenvalue weighted by molar-refractivity contribution is 0.467. The van der Waals surface area contributed by atoms with E-state index in [4.69, 9.17) is 10.5 Å². The lowest BCUT2D eigenvalue weighted by Crippen LogP contribution is -1.98. The number of nitrogens with one attached hydrogen (secondary N) is 1. The van der Waals surface area contributed by atoms with Gasteiger partial charge in [0.2, 0.25) is 0 Å². The van der Waals surface area contributed by atoms with Crippen molar-refractivity contribution >= 4 is 6.21 Å². The maximum Gasteiger partial charge on any atom is 0.127 e. The van der Waals surface area contributed by atoms with E-state index in [2.05, 4.69) is 0 Å². The third kappa shape index (κ3) is 2.28.